The highest BCUT2D eigenvalue weighted by atomic mass is 19.1. The number of carbonyl (C=O) groups is 1. The Balaban J connectivity index is 1.54. The van der Waals surface area contributed by atoms with Gasteiger partial charge in [-0.3, -0.25) is 4.79 Å². The van der Waals surface area contributed by atoms with Crippen LogP contribution in [0, 0.1) is 12.7 Å². The Labute approximate surface area is 152 Å². The first-order chi connectivity index (χ1) is 12.5. The molecule has 0 radical (unpaired) electrons. The Morgan fingerprint density at radius 1 is 1.19 bits per heavy atom. The molecule has 138 valence electrons. The molecular weight excluding hydrogens is 333 g/mol. The average molecular weight is 357 g/mol. The molecule has 1 aromatic carbocycles. The second-order valence-corrected chi connectivity index (χ2v) is 6.59. The number of aryl methyl sites for hydroxylation is 2. The van der Waals surface area contributed by atoms with Crippen LogP contribution >= 0.6 is 0 Å². The Morgan fingerprint density at radius 2 is 1.96 bits per heavy atom. The summed E-state index contributed by atoms with van der Waals surface area (Å²) in [6.07, 6.45) is 3.64. The molecule has 0 aliphatic carbocycles. The predicted molar refractivity (Wildman–Crippen MR) is 99.3 cm³/mol. The third-order valence-corrected chi connectivity index (χ3v) is 4.67. The van der Waals surface area contributed by atoms with Crippen LogP contribution in [0.15, 0.2) is 30.5 Å². The van der Waals surface area contributed by atoms with Crippen LogP contribution in [0.1, 0.15) is 24.0 Å². The van der Waals surface area contributed by atoms with Crippen LogP contribution in [0.5, 0.6) is 0 Å². The number of rotatable bonds is 4. The maximum atomic E-state index is 12.9. The van der Waals surface area contributed by atoms with Crippen LogP contribution in [0.25, 0.3) is 0 Å². The summed E-state index contributed by atoms with van der Waals surface area (Å²) in [6.45, 7) is 4.72. The first kappa shape index (κ1) is 18.1. The lowest BCUT2D eigenvalue weighted by molar-refractivity contribution is -0.130. The Hall–Kier alpha value is -2.70. The molecular formula is C19H24FN5O. The van der Waals surface area contributed by atoms with Crippen molar-refractivity contribution in [3.63, 3.8) is 0 Å². The normalized spacial score (nSPS) is 15.0. The number of hydrogen-bond acceptors (Lipinski definition) is 5. The maximum absolute atomic E-state index is 12.9. The molecule has 2 aromatic rings. The van der Waals surface area contributed by atoms with Gasteiger partial charge in [-0.2, -0.15) is 4.98 Å². The largest absolute Gasteiger partial charge is 0.383 e. The number of amides is 1. The van der Waals surface area contributed by atoms with Gasteiger partial charge in [-0.25, -0.2) is 9.37 Å². The minimum absolute atomic E-state index is 0.125. The molecule has 0 unspecified atom stereocenters. The van der Waals surface area contributed by atoms with Crippen LogP contribution < -0.4 is 10.6 Å². The smallest absolute Gasteiger partial charge is 0.227 e. The van der Waals surface area contributed by atoms with E-state index in [2.05, 4.69) is 14.9 Å². The molecule has 1 aliphatic rings. The summed E-state index contributed by atoms with van der Waals surface area (Å²) < 4.78 is 12.9. The number of nitrogen functional groups attached to an aromatic ring is 1. The van der Waals surface area contributed by atoms with Crippen LogP contribution in [-0.2, 0) is 11.2 Å². The highest BCUT2D eigenvalue weighted by molar-refractivity contribution is 5.76. The fraction of sp³-hybridized carbons (Fsp3) is 0.421. The maximum Gasteiger partial charge on any atom is 0.227 e. The summed E-state index contributed by atoms with van der Waals surface area (Å²) in [5, 5.41) is 0. The van der Waals surface area contributed by atoms with Crippen LogP contribution in [0.4, 0.5) is 16.2 Å². The third kappa shape index (κ3) is 4.47. The summed E-state index contributed by atoms with van der Waals surface area (Å²) in [6, 6.07) is 6.31. The monoisotopic (exact) mass is 357 g/mol. The van der Waals surface area contributed by atoms with E-state index in [1.165, 1.54) is 12.1 Å². The van der Waals surface area contributed by atoms with Gasteiger partial charge in [0.1, 0.15) is 11.6 Å². The molecule has 0 atom stereocenters. The zero-order chi connectivity index (χ0) is 18.5. The summed E-state index contributed by atoms with van der Waals surface area (Å²) in [5.41, 5.74) is 7.71. The number of halogens is 1. The van der Waals surface area contributed by atoms with Crippen molar-refractivity contribution in [2.45, 2.75) is 26.2 Å². The standard InChI is InChI=1S/C19H24FN5O/c1-14-13-22-19(23-18(14)21)25-10-2-9-24(11-12-25)17(26)8-5-15-3-6-16(20)7-4-15/h3-4,6-7,13H,2,5,8-12H2,1H3,(H2,21,22,23). The third-order valence-electron chi connectivity index (χ3n) is 4.67. The van der Waals surface area contributed by atoms with Crippen molar-refractivity contribution in [1.29, 1.82) is 0 Å². The van der Waals surface area contributed by atoms with Crippen molar-refractivity contribution < 1.29 is 9.18 Å². The first-order valence-corrected chi connectivity index (χ1v) is 8.89. The Bertz CT molecular complexity index is 765. The van der Waals surface area contributed by atoms with Crippen molar-refractivity contribution in [3.05, 3.63) is 47.4 Å². The van der Waals surface area contributed by atoms with E-state index in [9.17, 15) is 9.18 Å². The minimum Gasteiger partial charge on any atom is -0.383 e. The molecule has 1 fully saturated rings. The van der Waals surface area contributed by atoms with E-state index in [-0.39, 0.29) is 11.7 Å². The van der Waals surface area contributed by atoms with E-state index < -0.39 is 0 Å². The molecule has 1 saturated heterocycles. The van der Waals surface area contributed by atoms with E-state index >= 15 is 0 Å². The van der Waals surface area contributed by atoms with Crippen LogP contribution in [0.3, 0.4) is 0 Å². The van der Waals surface area contributed by atoms with E-state index in [4.69, 9.17) is 5.73 Å². The number of anilines is 2. The fourth-order valence-corrected chi connectivity index (χ4v) is 3.03. The molecule has 0 bridgehead atoms. The van der Waals surface area contributed by atoms with E-state index in [1.54, 1.807) is 18.3 Å². The number of hydrogen-bond donors (Lipinski definition) is 1. The molecule has 6 nitrogen and oxygen atoms in total. The lowest BCUT2D eigenvalue weighted by atomic mass is 10.1. The van der Waals surface area contributed by atoms with Gasteiger partial charge in [0, 0.05) is 44.4 Å². The molecule has 0 spiro atoms. The van der Waals surface area contributed by atoms with Gasteiger partial charge in [0.15, 0.2) is 0 Å². The van der Waals surface area contributed by atoms with Crippen LogP contribution in [-0.4, -0.2) is 47.0 Å². The molecule has 7 heteroatoms. The van der Waals surface area contributed by atoms with Gasteiger partial charge in [-0.05, 0) is 37.5 Å². The average Bonchev–Trinajstić information content (AvgIpc) is 2.89. The van der Waals surface area contributed by atoms with Gasteiger partial charge in [-0.1, -0.05) is 12.1 Å². The SMILES string of the molecule is Cc1cnc(N2CCCN(C(=O)CCc3ccc(F)cc3)CC2)nc1N. The van der Waals surface area contributed by atoms with Gasteiger partial charge < -0.3 is 15.5 Å². The fourth-order valence-electron chi connectivity index (χ4n) is 3.03. The zero-order valence-corrected chi connectivity index (χ0v) is 15.0. The minimum atomic E-state index is -0.258. The highest BCUT2D eigenvalue weighted by Crippen LogP contribution is 2.16. The van der Waals surface area contributed by atoms with E-state index in [0.29, 0.717) is 37.7 Å². The molecule has 1 aromatic heterocycles. The van der Waals surface area contributed by atoms with Crippen molar-refractivity contribution >= 4 is 17.7 Å². The summed E-state index contributed by atoms with van der Waals surface area (Å²) in [5.74, 6) is 0.979. The predicted octanol–water partition coefficient (Wildman–Crippen LogP) is 2.18. The van der Waals surface area contributed by atoms with Gasteiger partial charge in [0.2, 0.25) is 11.9 Å². The van der Waals surface area contributed by atoms with Crippen molar-refractivity contribution in [2.24, 2.45) is 0 Å². The van der Waals surface area contributed by atoms with Crippen LogP contribution in [0.2, 0.25) is 0 Å². The Morgan fingerprint density at radius 3 is 2.69 bits per heavy atom. The zero-order valence-electron chi connectivity index (χ0n) is 15.0. The molecule has 2 heterocycles. The lowest BCUT2D eigenvalue weighted by Gasteiger charge is -2.22. The van der Waals surface area contributed by atoms with Crippen molar-refractivity contribution in [2.75, 3.05) is 36.8 Å². The molecule has 2 N–H and O–H groups in total. The van der Waals surface area contributed by atoms with E-state index in [0.717, 1.165) is 30.6 Å². The Kier molecular flexibility index (Phi) is 5.65. The molecule has 1 amide bonds. The number of benzene rings is 1. The summed E-state index contributed by atoms with van der Waals surface area (Å²) in [7, 11) is 0. The number of nitrogens with two attached hydrogens (primary N) is 1. The van der Waals surface area contributed by atoms with Gasteiger partial charge >= 0.3 is 0 Å². The topological polar surface area (TPSA) is 75.4 Å². The summed E-state index contributed by atoms with van der Waals surface area (Å²) >= 11 is 0. The van der Waals surface area contributed by atoms with Gasteiger partial charge in [-0.15, -0.1) is 0 Å². The lowest BCUT2D eigenvalue weighted by Crippen LogP contribution is -2.35. The molecule has 26 heavy (non-hydrogen) atoms. The molecule has 0 saturated carbocycles. The second-order valence-electron chi connectivity index (χ2n) is 6.59. The van der Waals surface area contributed by atoms with Crippen molar-refractivity contribution in [3.8, 4) is 0 Å². The number of nitrogens with zero attached hydrogens (tertiary/aromatic N) is 4. The second kappa shape index (κ2) is 8.12. The summed E-state index contributed by atoms with van der Waals surface area (Å²) in [4.78, 5) is 25.2. The van der Waals surface area contributed by atoms with E-state index in [1.807, 2.05) is 11.8 Å². The van der Waals surface area contributed by atoms with Gasteiger partial charge in [0.25, 0.3) is 0 Å². The quantitative estimate of drug-likeness (QED) is 0.908. The van der Waals surface area contributed by atoms with Crippen molar-refractivity contribution in [1.82, 2.24) is 14.9 Å². The molecule has 3 rings (SSSR count). The highest BCUT2D eigenvalue weighted by Gasteiger charge is 2.20. The van der Waals surface area contributed by atoms with Gasteiger partial charge in [0.05, 0.1) is 0 Å². The number of carbonyl (C=O) groups excluding carboxylic acids is 1. The first-order valence-electron chi connectivity index (χ1n) is 8.89. The molecule has 1 aliphatic heterocycles. The number of aromatic nitrogens is 2.